The average Bonchev–Trinajstić information content (AvgIpc) is 4.17. The molecule has 0 amide bonds. The number of aliphatic imine (C=N–C) groups is 2. The highest BCUT2D eigenvalue weighted by Gasteiger charge is 2.55. The molecule has 0 radical (unpaired) electrons. The third kappa shape index (κ3) is 7.56. The molecule has 6 bridgehead atoms. The molecule has 0 spiro atoms. The Labute approximate surface area is 366 Å². The standard InChI is InChI=1S/C52H46N4O6P/c57-29-31-59-33-35-61-63(62-36-34-60-32-30-58)55-45-25-26-46(55)51(39-17-9-3-10-18-39)43-23-24-44(54-43)52(40-19-11-4-12-20-40)48-28-27-47(56(48)63)50(38-15-7-2-8-16-38)42-22-21-41(53-42)49(45)37-13-5-1-6-14-37/h1-28,57-58H,29-36H2/q+1. The van der Waals surface area contributed by atoms with Crippen molar-refractivity contribution in [1.29, 1.82) is 0 Å². The van der Waals surface area contributed by atoms with Gasteiger partial charge in [-0.25, -0.2) is 9.98 Å². The van der Waals surface area contributed by atoms with Gasteiger partial charge in [0.25, 0.3) is 0 Å². The molecule has 4 aromatic carbocycles. The molecule has 0 fully saturated rings. The Morgan fingerprint density at radius 1 is 0.397 bits per heavy atom. The first-order chi connectivity index (χ1) is 31.2. The Kier molecular flexibility index (Phi) is 11.8. The molecule has 2 aromatic heterocycles. The molecule has 4 aliphatic rings. The van der Waals surface area contributed by atoms with Crippen LogP contribution in [0, 0.1) is 0 Å². The minimum atomic E-state index is -3.79. The molecule has 0 unspecified atom stereocenters. The Bertz CT molecular complexity index is 2770. The molecule has 314 valence electrons. The second-order valence-corrected chi connectivity index (χ2v) is 17.4. The molecule has 2 N–H and O–H groups in total. The number of nitrogens with zero attached hydrogens (tertiary/aromatic N) is 4. The molecule has 63 heavy (non-hydrogen) atoms. The summed E-state index contributed by atoms with van der Waals surface area (Å²) in [4.78, 5) is 11.0. The molecule has 0 aliphatic carbocycles. The number of hydrogen-bond acceptors (Lipinski definition) is 8. The average molecular weight is 854 g/mol. The van der Waals surface area contributed by atoms with E-state index in [-0.39, 0.29) is 52.9 Å². The van der Waals surface area contributed by atoms with Crippen molar-refractivity contribution < 1.29 is 28.7 Å². The third-order valence-electron chi connectivity index (χ3n) is 11.2. The van der Waals surface area contributed by atoms with Gasteiger partial charge < -0.3 is 19.7 Å². The first kappa shape index (κ1) is 40.7. The summed E-state index contributed by atoms with van der Waals surface area (Å²) in [7, 11) is -3.79. The number of ether oxygens (including phenoxy) is 2. The van der Waals surface area contributed by atoms with Crippen LogP contribution in [0.25, 0.3) is 22.3 Å². The van der Waals surface area contributed by atoms with Gasteiger partial charge in [0.15, 0.2) is 0 Å². The number of aromatic nitrogens is 2. The van der Waals surface area contributed by atoms with Crippen LogP contribution in [0.5, 0.6) is 0 Å². The van der Waals surface area contributed by atoms with Crippen molar-refractivity contribution in [1.82, 2.24) is 8.68 Å². The van der Waals surface area contributed by atoms with E-state index in [4.69, 9.17) is 28.5 Å². The van der Waals surface area contributed by atoms with Crippen molar-refractivity contribution in [3.63, 3.8) is 0 Å². The van der Waals surface area contributed by atoms with Crippen molar-refractivity contribution >= 4 is 41.7 Å². The molecule has 4 aliphatic heterocycles. The van der Waals surface area contributed by atoms with Crippen LogP contribution in [-0.2, 0) is 18.5 Å². The van der Waals surface area contributed by atoms with Crippen LogP contribution in [0.2, 0.25) is 0 Å². The van der Waals surface area contributed by atoms with Crippen LogP contribution in [0.3, 0.4) is 0 Å². The van der Waals surface area contributed by atoms with Crippen LogP contribution in [0.4, 0.5) is 0 Å². The lowest BCUT2D eigenvalue weighted by Gasteiger charge is -2.30. The number of aliphatic hydroxyl groups is 2. The van der Waals surface area contributed by atoms with E-state index in [1.807, 2.05) is 72.8 Å². The molecular weight excluding hydrogens is 808 g/mol. The van der Waals surface area contributed by atoms with E-state index in [2.05, 4.69) is 106 Å². The Morgan fingerprint density at radius 2 is 0.778 bits per heavy atom. The summed E-state index contributed by atoms with van der Waals surface area (Å²) >= 11 is 0. The smallest absolute Gasteiger partial charge is 0.394 e. The zero-order valence-electron chi connectivity index (χ0n) is 34.6. The second kappa shape index (κ2) is 18.2. The highest BCUT2D eigenvalue weighted by Crippen LogP contribution is 2.65. The van der Waals surface area contributed by atoms with E-state index < -0.39 is 8.02 Å². The first-order valence-corrected chi connectivity index (χ1v) is 22.7. The predicted octanol–water partition coefficient (Wildman–Crippen LogP) is 7.38. The van der Waals surface area contributed by atoms with Gasteiger partial charge in [0.05, 0.1) is 84.5 Å². The number of hydrogen-bond donors (Lipinski definition) is 2. The lowest BCUT2D eigenvalue weighted by atomic mass is 10.0. The SMILES string of the molecule is OCCOCCO[P+]1(OCCOCCO)n2c3ccc2C(c2ccccc2)=C2C=CC(=N2)C(c2ccccc2)=c2ccc(n21)=C(c1ccccc1)C1=NC(=C3c2ccccc2)C=C1. The van der Waals surface area contributed by atoms with Gasteiger partial charge in [0.1, 0.15) is 13.2 Å². The van der Waals surface area contributed by atoms with E-state index in [1.165, 1.54) is 0 Å². The van der Waals surface area contributed by atoms with Gasteiger partial charge in [0.2, 0.25) is 0 Å². The van der Waals surface area contributed by atoms with E-state index in [9.17, 15) is 10.2 Å². The molecule has 6 heterocycles. The fourth-order valence-corrected chi connectivity index (χ4v) is 11.8. The van der Waals surface area contributed by atoms with Crippen LogP contribution in [-0.4, -0.2) is 83.2 Å². The summed E-state index contributed by atoms with van der Waals surface area (Å²) in [5.74, 6) is 0. The van der Waals surface area contributed by atoms with Crippen molar-refractivity contribution in [2.75, 3.05) is 52.9 Å². The summed E-state index contributed by atoms with van der Waals surface area (Å²) in [6, 6.07) is 50.0. The zero-order valence-corrected chi connectivity index (χ0v) is 35.5. The Balaban J connectivity index is 1.45. The topological polar surface area (TPSA) is 112 Å². The van der Waals surface area contributed by atoms with E-state index >= 15 is 0 Å². The summed E-state index contributed by atoms with van der Waals surface area (Å²) in [6.07, 6.45) is 8.43. The number of rotatable bonds is 16. The van der Waals surface area contributed by atoms with Crippen LogP contribution >= 0.6 is 8.02 Å². The molecular formula is C52H46N4O6P+. The summed E-state index contributed by atoms with van der Waals surface area (Å²) in [5, 5.41) is 21.1. The number of aliphatic hydroxyl groups excluding tert-OH is 2. The predicted molar refractivity (Wildman–Crippen MR) is 250 cm³/mol. The molecule has 6 aromatic rings. The van der Waals surface area contributed by atoms with E-state index in [0.717, 1.165) is 89.4 Å². The van der Waals surface area contributed by atoms with Crippen molar-refractivity contribution in [2.24, 2.45) is 9.98 Å². The summed E-state index contributed by atoms with van der Waals surface area (Å²) in [5.41, 5.74) is 12.3. The molecule has 10 nitrogen and oxygen atoms in total. The van der Waals surface area contributed by atoms with Gasteiger partial charge in [0, 0.05) is 22.3 Å². The largest absolute Gasteiger partial charge is 0.497 e. The summed E-state index contributed by atoms with van der Waals surface area (Å²) in [6.45, 7) is 0.707. The highest BCUT2D eigenvalue weighted by atomic mass is 31.2. The van der Waals surface area contributed by atoms with Crippen molar-refractivity contribution in [2.45, 2.75) is 0 Å². The maximum absolute atomic E-state index is 9.74. The van der Waals surface area contributed by atoms with Gasteiger partial charge in [-0.3, -0.25) is 0 Å². The van der Waals surface area contributed by atoms with Crippen molar-refractivity contribution in [3.8, 4) is 0 Å². The fourth-order valence-electron chi connectivity index (χ4n) is 8.69. The second-order valence-electron chi connectivity index (χ2n) is 15.1. The van der Waals surface area contributed by atoms with Gasteiger partial charge in [-0.2, -0.15) is 9.05 Å². The van der Waals surface area contributed by atoms with Crippen LogP contribution in [0.1, 0.15) is 33.6 Å². The van der Waals surface area contributed by atoms with Crippen LogP contribution < -0.4 is 10.7 Å². The minimum absolute atomic E-state index is 0.117. The first-order valence-electron chi connectivity index (χ1n) is 21.2. The minimum Gasteiger partial charge on any atom is -0.394 e. The Hall–Kier alpha value is -6.33. The maximum atomic E-state index is 9.74. The van der Waals surface area contributed by atoms with E-state index in [1.54, 1.807) is 0 Å². The number of benzene rings is 4. The lowest BCUT2D eigenvalue weighted by molar-refractivity contribution is 0.0532. The monoisotopic (exact) mass is 853 g/mol. The van der Waals surface area contributed by atoms with Gasteiger partial charge in [-0.05, 0) is 70.8 Å². The molecule has 10 rings (SSSR count). The molecule has 0 atom stereocenters. The maximum Gasteiger partial charge on any atom is 0.497 e. The molecule has 11 heteroatoms. The molecule has 0 saturated heterocycles. The van der Waals surface area contributed by atoms with E-state index in [0.29, 0.717) is 0 Å². The third-order valence-corrected chi connectivity index (χ3v) is 14.2. The van der Waals surface area contributed by atoms with Gasteiger partial charge >= 0.3 is 8.02 Å². The molecule has 0 saturated carbocycles. The quantitative estimate of drug-likeness (QED) is 0.0777. The van der Waals surface area contributed by atoms with Crippen LogP contribution in [0.15, 0.2) is 191 Å². The van der Waals surface area contributed by atoms with Crippen molar-refractivity contribution in [3.05, 3.63) is 226 Å². The Morgan fingerprint density at radius 3 is 1.16 bits per heavy atom. The number of allylic oxidation sites excluding steroid dienone is 4. The lowest BCUT2D eigenvalue weighted by Crippen LogP contribution is -2.39. The van der Waals surface area contributed by atoms with Gasteiger partial charge in [-0.15, -0.1) is 8.68 Å². The normalized spacial score (nSPS) is 15.9. The highest BCUT2D eigenvalue weighted by molar-refractivity contribution is 7.63. The zero-order chi connectivity index (χ0) is 42.6. The summed E-state index contributed by atoms with van der Waals surface area (Å²) < 4.78 is 31.6. The fraction of sp³-hybridized carbons (Fsp3) is 0.154. The van der Waals surface area contributed by atoms with Gasteiger partial charge in [-0.1, -0.05) is 121 Å². The number of fused-ring (bicyclic) bond motifs is 2.